The summed E-state index contributed by atoms with van der Waals surface area (Å²) in [4.78, 5) is 20.6. The second-order valence-electron chi connectivity index (χ2n) is 3.74. The van der Waals surface area contributed by atoms with Crippen LogP contribution < -0.4 is 20.4 Å². The molecule has 0 saturated carbocycles. The van der Waals surface area contributed by atoms with Gasteiger partial charge in [-0.1, -0.05) is 0 Å². The van der Waals surface area contributed by atoms with Crippen LogP contribution in [-0.2, 0) is 4.57 Å². The van der Waals surface area contributed by atoms with Crippen molar-refractivity contribution in [1.82, 2.24) is 20.4 Å². The van der Waals surface area contributed by atoms with Gasteiger partial charge in [0.25, 0.3) is 14.2 Å². The monoisotopic (exact) mass is 332 g/mol. The number of nitrogens with one attached hydrogen (secondary N) is 2. The molecule has 0 aliphatic carbocycles. The molecule has 0 aromatic heterocycles. The highest BCUT2D eigenvalue weighted by atomic mass is 31.2. The van der Waals surface area contributed by atoms with Crippen molar-refractivity contribution in [2.45, 2.75) is 0 Å². The Morgan fingerprint density at radius 2 is 1.14 bits per heavy atom. The molecule has 0 aromatic rings. The van der Waals surface area contributed by atoms with Gasteiger partial charge in [0, 0.05) is 42.3 Å². The molecular formula is C10H26FN4O5P. The van der Waals surface area contributed by atoms with E-state index in [1.807, 2.05) is 52.1 Å². The number of hydrogen-bond acceptors (Lipinski definition) is 3. The highest BCUT2D eigenvalue weighted by Crippen LogP contribution is 2.22. The molecular weight excluding hydrogens is 306 g/mol. The van der Waals surface area contributed by atoms with Crippen molar-refractivity contribution in [3.63, 3.8) is 0 Å². The van der Waals surface area contributed by atoms with Gasteiger partial charge in [-0.2, -0.15) is 0 Å². The molecule has 0 aromatic carbocycles. The largest absolute Gasteiger partial charge is 0.786 e. The minimum atomic E-state index is -5.64. The zero-order valence-electron chi connectivity index (χ0n) is 13.8. The molecule has 0 aliphatic heterocycles. The molecule has 21 heavy (non-hydrogen) atoms. The molecule has 4 amide bonds. The summed E-state index contributed by atoms with van der Waals surface area (Å²) in [6.45, 7) is 0. The molecule has 11 heteroatoms. The van der Waals surface area contributed by atoms with E-state index in [2.05, 4.69) is 10.6 Å². The molecule has 0 aliphatic rings. The first kappa shape index (κ1) is 24.6. The number of amides is 4. The van der Waals surface area contributed by atoms with E-state index < -0.39 is 7.91 Å². The summed E-state index contributed by atoms with van der Waals surface area (Å²) >= 11 is 0. The molecule has 0 atom stereocenters. The van der Waals surface area contributed by atoms with Gasteiger partial charge in [-0.05, 0) is 0 Å². The Hall–Kier alpha value is -1.38. The molecule has 2 N–H and O–H groups in total. The topological polar surface area (TPSA) is 116 Å². The van der Waals surface area contributed by atoms with Crippen LogP contribution in [0.5, 0.6) is 0 Å². The predicted octanol–water partition coefficient (Wildman–Crippen LogP) is -1.11. The maximum Gasteiger partial charge on any atom is 0.501 e. The minimum absolute atomic E-state index is 0.769. The summed E-state index contributed by atoms with van der Waals surface area (Å²) in [5.74, 6) is 0. The predicted molar refractivity (Wildman–Crippen MR) is 76.8 cm³/mol. The fourth-order valence-corrected chi connectivity index (χ4v) is 1.02. The molecule has 128 valence electrons. The number of halogens is 1. The smallest absolute Gasteiger partial charge is 0.501 e. The summed E-state index contributed by atoms with van der Waals surface area (Å²) in [7, 11) is 8.91. The van der Waals surface area contributed by atoms with E-state index in [-0.39, 0.29) is 0 Å². The minimum Gasteiger partial charge on any atom is -0.786 e. The lowest BCUT2D eigenvalue weighted by Crippen LogP contribution is -2.32. The fraction of sp³-hybridized carbons (Fsp3) is 0.800. The molecule has 0 bridgehead atoms. The first-order valence-corrected chi connectivity index (χ1v) is 7.11. The Kier molecular flexibility index (Phi) is 15.9. The Labute approximate surface area is 125 Å². The van der Waals surface area contributed by atoms with Gasteiger partial charge < -0.3 is 14.4 Å². The molecule has 0 rings (SSSR count). The summed E-state index contributed by atoms with van der Waals surface area (Å²) in [6.07, 6.45) is 0. The highest BCUT2D eigenvalue weighted by molar-refractivity contribution is 7.42. The lowest BCUT2D eigenvalue weighted by Gasteiger charge is -2.15. The molecule has 0 radical (unpaired) electrons. The van der Waals surface area contributed by atoms with E-state index in [0.717, 1.165) is 12.1 Å². The van der Waals surface area contributed by atoms with Gasteiger partial charge in [0.1, 0.15) is 7.91 Å². The average molecular weight is 332 g/mol. The van der Waals surface area contributed by atoms with Crippen LogP contribution in [-0.4, -0.2) is 78.4 Å². The van der Waals surface area contributed by atoms with Crippen LogP contribution in [0.2, 0.25) is 0 Å². The van der Waals surface area contributed by atoms with Crippen molar-refractivity contribution < 1.29 is 27.4 Å². The van der Waals surface area contributed by atoms with E-state index in [1.165, 1.54) is 0 Å². The van der Waals surface area contributed by atoms with E-state index >= 15 is 0 Å². The number of carbonyl (C=O) groups excluding carboxylic acids is 2. The standard InChI is InChI=1S/2C5H13N2O.FH2O3P/c2*1-6-5(8-4)7(2)3;1-5(2,3)4/h2*6H,1-4H3;(H2,2,3,4)/q2*+1;/p-2. The third-order valence-electron chi connectivity index (χ3n) is 1.63. The van der Waals surface area contributed by atoms with Gasteiger partial charge in [-0.15, -0.1) is 0 Å². The van der Waals surface area contributed by atoms with E-state index in [4.69, 9.17) is 23.2 Å². The van der Waals surface area contributed by atoms with E-state index in [0.29, 0.717) is 0 Å². The third kappa shape index (κ3) is 24.1. The van der Waals surface area contributed by atoms with Crippen LogP contribution in [0, 0.1) is 0 Å². The molecule has 0 unspecified atom stereocenters. The van der Waals surface area contributed by atoms with Crippen molar-refractivity contribution >= 4 is 20.0 Å². The first-order valence-electron chi connectivity index (χ1n) is 5.68. The van der Waals surface area contributed by atoms with Gasteiger partial charge >= 0.3 is 12.1 Å². The quantitative estimate of drug-likeness (QED) is 0.433. The van der Waals surface area contributed by atoms with Gasteiger partial charge in [0.2, 0.25) is 0 Å². The SMILES string of the molecule is CNC(=[O+]C)N(C)C.CNC(=[O+]C)N(C)C.O=P([O-])([O-])F. The van der Waals surface area contributed by atoms with Crippen molar-refractivity contribution in [3.8, 4) is 0 Å². The molecule has 0 spiro atoms. The van der Waals surface area contributed by atoms with Crippen LogP contribution in [0.25, 0.3) is 0 Å². The fourth-order valence-electron chi connectivity index (χ4n) is 1.02. The van der Waals surface area contributed by atoms with Crippen LogP contribution in [0.15, 0.2) is 0 Å². The summed E-state index contributed by atoms with van der Waals surface area (Å²) in [5.41, 5.74) is 0. The van der Waals surface area contributed by atoms with Gasteiger partial charge in [-0.25, -0.2) is 13.0 Å². The molecule has 0 fully saturated rings. The maximum atomic E-state index is 10.1. The third-order valence-corrected chi connectivity index (χ3v) is 1.63. The Morgan fingerprint density at radius 1 is 0.952 bits per heavy atom. The van der Waals surface area contributed by atoms with Crippen molar-refractivity contribution in [2.24, 2.45) is 0 Å². The summed E-state index contributed by atoms with van der Waals surface area (Å²) in [6, 6.07) is 1.54. The second kappa shape index (κ2) is 13.6. The zero-order valence-corrected chi connectivity index (χ0v) is 14.7. The molecule has 0 saturated heterocycles. The normalized spacial score (nSPS) is 11.4. The van der Waals surface area contributed by atoms with Crippen LogP contribution in [0.4, 0.5) is 13.0 Å². The van der Waals surface area contributed by atoms with Crippen LogP contribution in [0.1, 0.15) is 0 Å². The lowest BCUT2D eigenvalue weighted by molar-refractivity contribution is -0.328. The van der Waals surface area contributed by atoms with Crippen LogP contribution in [0.3, 0.4) is 0 Å². The molecule has 9 nitrogen and oxygen atoms in total. The van der Waals surface area contributed by atoms with Gasteiger partial charge in [0.05, 0.1) is 0 Å². The van der Waals surface area contributed by atoms with Crippen molar-refractivity contribution in [2.75, 3.05) is 56.5 Å². The number of hydrogen-bond donors (Lipinski definition) is 2. The van der Waals surface area contributed by atoms with Crippen LogP contribution >= 0.6 is 7.91 Å². The average Bonchev–Trinajstić information content (AvgIpc) is 2.29. The Balaban J connectivity index is -0.000000239. The summed E-state index contributed by atoms with van der Waals surface area (Å²) < 4.78 is 28.4. The van der Waals surface area contributed by atoms with E-state index in [9.17, 15) is 4.20 Å². The van der Waals surface area contributed by atoms with Gasteiger partial charge in [-0.3, -0.25) is 20.4 Å². The second-order valence-corrected chi connectivity index (χ2v) is 4.60. The molecule has 0 heterocycles. The number of rotatable bonds is 0. The lowest BCUT2D eigenvalue weighted by atomic mass is 10.8. The number of nitrogens with zero attached hydrogens (tertiary/aromatic N) is 2. The maximum absolute atomic E-state index is 10.1. The Morgan fingerprint density at radius 3 is 1.14 bits per heavy atom. The Bertz CT molecular complexity index is 325. The van der Waals surface area contributed by atoms with Gasteiger partial charge in [0.15, 0.2) is 0 Å². The zero-order chi connectivity index (χ0) is 17.6. The van der Waals surface area contributed by atoms with E-state index in [1.54, 1.807) is 14.2 Å². The van der Waals surface area contributed by atoms with Crippen molar-refractivity contribution in [1.29, 1.82) is 0 Å². The highest BCUT2D eigenvalue weighted by Gasteiger charge is 2.07. The summed E-state index contributed by atoms with van der Waals surface area (Å²) in [5, 5.41) is 5.74. The van der Waals surface area contributed by atoms with Crippen molar-refractivity contribution in [3.05, 3.63) is 0 Å². The first-order chi connectivity index (χ1) is 9.44. The number of urea groups is 2.